The SMILES string of the molecule is CC(C)(C)OC(=O)COCCOCCOCCOCCOCCOCCOCCOCCOCCOCCN1C(=O)c2ccccc2C1=O. The standard InChI is InChI=1S/C34H55NO14/c1-34(2,3)49-31(36)28-48-27-26-47-25-24-46-23-22-45-21-20-44-19-18-43-17-16-42-15-14-41-13-12-40-11-10-39-9-8-35-32(37)29-6-4-5-7-30(29)33(35)38/h4-7H,8-28H2,1-3H3. The maximum atomic E-state index is 12.3. The molecule has 15 nitrogen and oxygen atoms in total. The third-order valence-electron chi connectivity index (χ3n) is 6.33. The lowest BCUT2D eigenvalue weighted by Gasteiger charge is -2.19. The molecular formula is C34H55NO14. The summed E-state index contributed by atoms with van der Waals surface area (Å²) < 4.78 is 59.4. The van der Waals surface area contributed by atoms with Crippen molar-refractivity contribution in [2.24, 2.45) is 0 Å². The van der Waals surface area contributed by atoms with Crippen molar-refractivity contribution in [2.45, 2.75) is 26.4 Å². The topological polar surface area (TPSA) is 156 Å². The molecule has 0 atom stereocenters. The maximum absolute atomic E-state index is 12.3. The van der Waals surface area contributed by atoms with Gasteiger partial charge >= 0.3 is 5.97 Å². The Bertz CT molecular complexity index is 999. The molecule has 280 valence electrons. The van der Waals surface area contributed by atoms with E-state index in [2.05, 4.69) is 0 Å². The molecule has 1 aromatic rings. The number of amides is 2. The van der Waals surface area contributed by atoms with Crippen molar-refractivity contribution in [2.75, 3.05) is 139 Å². The summed E-state index contributed by atoms with van der Waals surface area (Å²) in [6.45, 7) is 13.6. The molecule has 2 rings (SSSR count). The first-order chi connectivity index (χ1) is 23.8. The molecule has 0 spiro atoms. The summed E-state index contributed by atoms with van der Waals surface area (Å²) >= 11 is 0. The number of hydrogen-bond acceptors (Lipinski definition) is 14. The summed E-state index contributed by atoms with van der Waals surface area (Å²) in [6.07, 6.45) is 0. The smallest absolute Gasteiger partial charge is 0.332 e. The lowest BCUT2D eigenvalue weighted by Crippen LogP contribution is -2.33. The fraction of sp³-hybridized carbons (Fsp3) is 0.735. The van der Waals surface area contributed by atoms with E-state index in [1.54, 1.807) is 24.3 Å². The number of benzene rings is 1. The van der Waals surface area contributed by atoms with E-state index in [1.807, 2.05) is 20.8 Å². The normalized spacial score (nSPS) is 13.0. The van der Waals surface area contributed by atoms with Gasteiger partial charge in [-0.15, -0.1) is 0 Å². The second-order valence-electron chi connectivity index (χ2n) is 11.5. The molecule has 0 radical (unpaired) electrons. The Hall–Kier alpha value is -2.57. The van der Waals surface area contributed by atoms with Crippen LogP contribution in [0.2, 0.25) is 0 Å². The predicted octanol–water partition coefficient (Wildman–Crippen LogP) is 1.79. The fourth-order valence-electron chi connectivity index (χ4n) is 4.10. The van der Waals surface area contributed by atoms with Gasteiger partial charge in [0.15, 0.2) is 0 Å². The average molecular weight is 702 g/mol. The zero-order valence-electron chi connectivity index (χ0n) is 29.3. The third kappa shape index (κ3) is 21.3. The van der Waals surface area contributed by atoms with Gasteiger partial charge in [0.05, 0.1) is 143 Å². The molecule has 1 heterocycles. The number of ether oxygens (including phenoxy) is 11. The summed E-state index contributed by atoms with van der Waals surface area (Å²) in [6, 6.07) is 6.80. The van der Waals surface area contributed by atoms with E-state index < -0.39 is 11.6 Å². The van der Waals surface area contributed by atoms with E-state index in [0.29, 0.717) is 130 Å². The Kier molecular flexibility index (Phi) is 23.6. The molecule has 0 N–H and O–H groups in total. The molecule has 1 aliphatic heterocycles. The molecule has 49 heavy (non-hydrogen) atoms. The minimum atomic E-state index is -0.518. The minimum Gasteiger partial charge on any atom is -0.458 e. The molecule has 0 aliphatic carbocycles. The Morgan fingerprint density at radius 2 is 0.776 bits per heavy atom. The Morgan fingerprint density at radius 1 is 0.490 bits per heavy atom. The first-order valence-electron chi connectivity index (χ1n) is 16.7. The van der Waals surface area contributed by atoms with Gasteiger partial charge in [0.2, 0.25) is 0 Å². The summed E-state index contributed by atoms with van der Waals surface area (Å²) in [5, 5.41) is 0. The van der Waals surface area contributed by atoms with Crippen LogP contribution in [0.4, 0.5) is 0 Å². The largest absolute Gasteiger partial charge is 0.458 e. The zero-order valence-corrected chi connectivity index (χ0v) is 29.3. The van der Waals surface area contributed by atoms with Crippen LogP contribution >= 0.6 is 0 Å². The molecule has 0 saturated carbocycles. The number of rotatable bonds is 32. The minimum absolute atomic E-state index is 0.0906. The first kappa shape index (κ1) is 42.6. The van der Waals surface area contributed by atoms with Crippen molar-refractivity contribution in [3.8, 4) is 0 Å². The van der Waals surface area contributed by atoms with E-state index in [0.717, 1.165) is 0 Å². The van der Waals surface area contributed by atoms with Gasteiger partial charge in [-0.05, 0) is 32.9 Å². The number of esters is 1. The molecule has 0 fully saturated rings. The van der Waals surface area contributed by atoms with Gasteiger partial charge in [0.25, 0.3) is 11.8 Å². The molecule has 0 bridgehead atoms. The van der Waals surface area contributed by atoms with Crippen LogP contribution in [0, 0.1) is 0 Å². The third-order valence-corrected chi connectivity index (χ3v) is 6.33. The summed E-state index contributed by atoms with van der Waals surface area (Å²) in [4.78, 5) is 37.3. The van der Waals surface area contributed by atoms with Gasteiger partial charge in [-0.2, -0.15) is 0 Å². The predicted molar refractivity (Wildman–Crippen MR) is 176 cm³/mol. The highest BCUT2D eigenvalue weighted by molar-refractivity contribution is 6.21. The van der Waals surface area contributed by atoms with Crippen LogP contribution in [-0.4, -0.2) is 167 Å². The van der Waals surface area contributed by atoms with Gasteiger partial charge in [-0.3, -0.25) is 14.5 Å². The second kappa shape index (κ2) is 27.2. The van der Waals surface area contributed by atoms with Gasteiger partial charge < -0.3 is 52.1 Å². The number of hydrogen-bond donors (Lipinski definition) is 0. The van der Waals surface area contributed by atoms with Gasteiger partial charge in [0.1, 0.15) is 12.2 Å². The van der Waals surface area contributed by atoms with Gasteiger partial charge in [-0.25, -0.2) is 4.79 Å². The fourth-order valence-corrected chi connectivity index (χ4v) is 4.10. The maximum Gasteiger partial charge on any atom is 0.332 e. The van der Waals surface area contributed by atoms with E-state index in [9.17, 15) is 14.4 Å². The highest BCUT2D eigenvalue weighted by Crippen LogP contribution is 2.21. The Balaban J connectivity index is 1.19. The molecule has 2 amide bonds. The van der Waals surface area contributed by atoms with Crippen LogP contribution in [0.3, 0.4) is 0 Å². The number of fused-ring (bicyclic) bond motifs is 1. The summed E-state index contributed by atoms with van der Waals surface area (Å²) in [5.41, 5.74) is 0.358. The van der Waals surface area contributed by atoms with Crippen LogP contribution in [0.15, 0.2) is 24.3 Å². The van der Waals surface area contributed by atoms with Crippen LogP contribution in [0.25, 0.3) is 0 Å². The highest BCUT2D eigenvalue weighted by Gasteiger charge is 2.34. The Morgan fingerprint density at radius 3 is 1.08 bits per heavy atom. The monoisotopic (exact) mass is 701 g/mol. The zero-order chi connectivity index (χ0) is 35.4. The molecule has 0 aromatic heterocycles. The van der Waals surface area contributed by atoms with E-state index in [-0.39, 0.29) is 31.6 Å². The molecule has 1 aromatic carbocycles. The molecule has 15 heteroatoms. The molecular weight excluding hydrogens is 646 g/mol. The van der Waals surface area contributed by atoms with Crippen molar-refractivity contribution >= 4 is 17.8 Å². The van der Waals surface area contributed by atoms with E-state index in [1.165, 1.54) is 4.90 Å². The first-order valence-corrected chi connectivity index (χ1v) is 16.7. The van der Waals surface area contributed by atoms with Crippen LogP contribution < -0.4 is 0 Å². The Labute approximate surface area is 289 Å². The number of carbonyl (C=O) groups excluding carboxylic acids is 3. The summed E-state index contributed by atoms with van der Waals surface area (Å²) in [7, 11) is 0. The van der Waals surface area contributed by atoms with Crippen molar-refractivity contribution in [1.82, 2.24) is 4.90 Å². The van der Waals surface area contributed by atoms with Crippen molar-refractivity contribution in [1.29, 1.82) is 0 Å². The van der Waals surface area contributed by atoms with Crippen molar-refractivity contribution in [3.63, 3.8) is 0 Å². The summed E-state index contributed by atoms with van der Waals surface area (Å²) in [5.74, 6) is -0.957. The lowest BCUT2D eigenvalue weighted by atomic mass is 10.1. The number of nitrogens with zero attached hydrogens (tertiary/aromatic N) is 1. The van der Waals surface area contributed by atoms with Crippen LogP contribution in [0.1, 0.15) is 41.5 Å². The van der Waals surface area contributed by atoms with Gasteiger partial charge in [-0.1, -0.05) is 12.1 Å². The molecule has 0 unspecified atom stereocenters. The molecule has 0 saturated heterocycles. The van der Waals surface area contributed by atoms with Crippen LogP contribution in [0.5, 0.6) is 0 Å². The quantitative estimate of drug-likeness (QED) is 0.0609. The van der Waals surface area contributed by atoms with Crippen molar-refractivity contribution in [3.05, 3.63) is 35.4 Å². The van der Waals surface area contributed by atoms with E-state index >= 15 is 0 Å². The molecule has 1 aliphatic rings. The number of carbonyl (C=O) groups is 3. The second-order valence-corrected chi connectivity index (χ2v) is 11.5. The van der Waals surface area contributed by atoms with E-state index in [4.69, 9.17) is 52.1 Å². The van der Waals surface area contributed by atoms with Crippen LogP contribution in [-0.2, 0) is 56.9 Å². The highest BCUT2D eigenvalue weighted by atomic mass is 16.6. The van der Waals surface area contributed by atoms with Crippen molar-refractivity contribution < 1.29 is 66.5 Å². The van der Waals surface area contributed by atoms with Gasteiger partial charge in [0, 0.05) is 0 Å². The number of imide groups is 1. The average Bonchev–Trinajstić information content (AvgIpc) is 3.31. The lowest BCUT2D eigenvalue weighted by molar-refractivity contribution is -0.160.